The fraction of sp³-hybridized carbons (Fsp3) is 0.211. The maximum atomic E-state index is 10.8. The number of furan rings is 1. The Morgan fingerprint density at radius 3 is 2.77 bits per heavy atom. The molecule has 3 rings (SSSR count). The third-order valence-electron chi connectivity index (χ3n) is 3.67. The molecule has 0 aliphatic carbocycles. The lowest BCUT2D eigenvalue weighted by Crippen LogP contribution is -1.96. The van der Waals surface area contributed by atoms with Gasteiger partial charge in [0.1, 0.15) is 17.9 Å². The van der Waals surface area contributed by atoms with Crippen LogP contribution in [0.5, 0.6) is 5.75 Å². The molecular formula is C19H16Cl2O4S. The first-order chi connectivity index (χ1) is 12.5. The largest absolute Gasteiger partial charge is 0.489 e. The van der Waals surface area contributed by atoms with Crippen LogP contribution in [0.4, 0.5) is 0 Å². The maximum Gasteiger partial charge on any atom is 0.314 e. The monoisotopic (exact) mass is 410 g/mol. The second-order valence-electron chi connectivity index (χ2n) is 5.59. The maximum absolute atomic E-state index is 10.8. The molecule has 0 atom stereocenters. The van der Waals surface area contributed by atoms with E-state index in [9.17, 15) is 4.79 Å². The Morgan fingerprint density at radius 2 is 2.00 bits per heavy atom. The molecule has 0 aliphatic rings. The minimum absolute atomic E-state index is 0.297. The predicted octanol–water partition coefficient (Wildman–Crippen LogP) is 6.07. The van der Waals surface area contributed by atoms with Gasteiger partial charge in [-0.2, -0.15) is 0 Å². The Morgan fingerprint density at radius 1 is 1.15 bits per heavy atom. The lowest BCUT2D eigenvalue weighted by atomic mass is 10.1. The van der Waals surface area contributed by atoms with Crippen LogP contribution in [0.1, 0.15) is 18.1 Å². The summed E-state index contributed by atoms with van der Waals surface area (Å²) in [7, 11) is 0. The van der Waals surface area contributed by atoms with Crippen molar-refractivity contribution in [2.24, 2.45) is 0 Å². The minimum Gasteiger partial charge on any atom is -0.489 e. The summed E-state index contributed by atoms with van der Waals surface area (Å²) in [6, 6.07) is 11.0. The number of carbonyl (C=O) groups excluding carboxylic acids is 1. The molecule has 0 unspecified atom stereocenters. The summed E-state index contributed by atoms with van der Waals surface area (Å²) in [4.78, 5) is 10.8. The van der Waals surface area contributed by atoms with Gasteiger partial charge in [-0.25, -0.2) is 0 Å². The molecule has 0 saturated heterocycles. The molecule has 1 aromatic heterocycles. The summed E-state index contributed by atoms with van der Waals surface area (Å²) in [5.74, 6) is 1.06. The van der Waals surface area contributed by atoms with Crippen molar-refractivity contribution in [1.82, 2.24) is 0 Å². The first kappa shape index (κ1) is 19.0. The predicted molar refractivity (Wildman–Crippen MR) is 105 cm³/mol. The fourth-order valence-electron chi connectivity index (χ4n) is 2.42. The standard InChI is InChI=1S/C19H16Cl2O4S/c1-12(22)25-26-7-6-13-10-24-19-9-16(4-5-17(13)19)23-11-14-2-3-15(20)8-18(14)21/h2-5,8-10H,6-7,11H2,1H3. The molecule has 0 spiro atoms. The normalized spacial score (nSPS) is 10.9. The quantitative estimate of drug-likeness (QED) is 0.349. The van der Waals surface area contributed by atoms with Gasteiger partial charge in [0.2, 0.25) is 0 Å². The Kier molecular flexibility index (Phi) is 6.35. The van der Waals surface area contributed by atoms with E-state index in [0.717, 1.165) is 40.6 Å². The number of hydrogen-bond donors (Lipinski definition) is 0. The topological polar surface area (TPSA) is 48.7 Å². The lowest BCUT2D eigenvalue weighted by Gasteiger charge is -2.08. The Hall–Kier alpha value is -1.82. The molecule has 0 saturated carbocycles. The van der Waals surface area contributed by atoms with Crippen LogP contribution in [-0.4, -0.2) is 11.7 Å². The van der Waals surface area contributed by atoms with Crippen LogP contribution in [0.25, 0.3) is 11.0 Å². The number of carbonyl (C=O) groups is 1. The van der Waals surface area contributed by atoms with Crippen molar-refractivity contribution in [3.05, 3.63) is 63.8 Å². The molecule has 2 aromatic carbocycles. The molecule has 136 valence electrons. The molecule has 4 nitrogen and oxygen atoms in total. The summed E-state index contributed by atoms with van der Waals surface area (Å²) in [6.07, 6.45) is 2.46. The lowest BCUT2D eigenvalue weighted by molar-refractivity contribution is -0.130. The Balaban J connectivity index is 1.63. The van der Waals surface area contributed by atoms with Gasteiger partial charge >= 0.3 is 5.97 Å². The van der Waals surface area contributed by atoms with Crippen molar-refractivity contribution in [2.45, 2.75) is 20.0 Å². The Labute approximate surface area is 165 Å². The molecule has 1 heterocycles. The molecule has 0 N–H and O–H groups in total. The van der Waals surface area contributed by atoms with E-state index in [1.165, 1.54) is 6.92 Å². The van der Waals surface area contributed by atoms with E-state index in [2.05, 4.69) is 0 Å². The average molecular weight is 411 g/mol. The van der Waals surface area contributed by atoms with Crippen LogP contribution in [0.3, 0.4) is 0 Å². The van der Waals surface area contributed by atoms with Gasteiger partial charge in [-0.15, -0.1) is 0 Å². The van der Waals surface area contributed by atoms with Crippen LogP contribution in [0.2, 0.25) is 10.0 Å². The van der Waals surface area contributed by atoms with Gasteiger partial charge in [0, 0.05) is 39.7 Å². The van der Waals surface area contributed by atoms with E-state index in [4.69, 9.17) is 36.5 Å². The molecule has 0 fully saturated rings. The highest BCUT2D eigenvalue weighted by molar-refractivity contribution is 7.95. The van der Waals surface area contributed by atoms with E-state index in [-0.39, 0.29) is 5.97 Å². The first-order valence-electron chi connectivity index (χ1n) is 7.90. The van der Waals surface area contributed by atoms with Crippen molar-refractivity contribution in [3.8, 4) is 5.75 Å². The molecule has 3 aromatic rings. The summed E-state index contributed by atoms with van der Waals surface area (Å²) in [5.41, 5.74) is 2.67. The third kappa shape index (κ3) is 4.87. The average Bonchev–Trinajstić information content (AvgIpc) is 3.00. The third-order valence-corrected chi connectivity index (χ3v) is 4.98. The van der Waals surface area contributed by atoms with Crippen LogP contribution in [0.15, 0.2) is 47.1 Å². The van der Waals surface area contributed by atoms with Crippen molar-refractivity contribution in [3.63, 3.8) is 0 Å². The molecule has 0 aliphatic heterocycles. The van der Waals surface area contributed by atoms with Gasteiger partial charge in [0.25, 0.3) is 0 Å². The highest BCUT2D eigenvalue weighted by Gasteiger charge is 2.09. The van der Waals surface area contributed by atoms with E-state index in [1.54, 1.807) is 18.4 Å². The zero-order valence-corrected chi connectivity index (χ0v) is 16.3. The van der Waals surface area contributed by atoms with Crippen LogP contribution in [-0.2, 0) is 22.0 Å². The van der Waals surface area contributed by atoms with Gasteiger partial charge in [-0.05, 0) is 36.2 Å². The molecule has 0 bridgehead atoms. The SMILES string of the molecule is CC(=O)OSCCc1coc2cc(OCc3ccc(Cl)cc3Cl)ccc12. The number of halogens is 2. The van der Waals surface area contributed by atoms with Crippen molar-refractivity contribution < 1.29 is 18.1 Å². The minimum atomic E-state index is -0.297. The van der Waals surface area contributed by atoms with Crippen LogP contribution < -0.4 is 4.74 Å². The second kappa shape index (κ2) is 8.71. The van der Waals surface area contributed by atoms with E-state index >= 15 is 0 Å². The zero-order valence-electron chi connectivity index (χ0n) is 14.0. The van der Waals surface area contributed by atoms with Gasteiger partial charge in [0.05, 0.1) is 18.3 Å². The molecule has 7 heteroatoms. The summed E-state index contributed by atoms with van der Waals surface area (Å²) < 4.78 is 16.3. The highest BCUT2D eigenvalue weighted by atomic mass is 35.5. The van der Waals surface area contributed by atoms with Gasteiger partial charge in [-0.3, -0.25) is 4.79 Å². The Bertz CT molecular complexity index is 923. The van der Waals surface area contributed by atoms with Crippen molar-refractivity contribution in [1.29, 1.82) is 0 Å². The molecule has 0 amide bonds. The number of benzene rings is 2. The fourth-order valence-corrected chi connectivity index (χ4v) is 3.44. The summed E-state index contributed by atoms with van der Waals surface area (Å²) >= 11 is 13.2. The number of rotatable bonds is 7. The van der Waals surface area contributed by atoms with Gasteiger partial charge in [-0.1, -0.05) is 29.3 Å². The van der Waals surface area contributed by atoms with Crippen molar-refractivity contribution >= 4 is 52.2 Å². The van der Waals surface area contributed by atoms with E-state index in [0.29, 0.717) is 28.2 Å². The molecular weight excluding hydrogens is 395 g/mol. The molecule has 0 radical (unpaired) electrons. The zero-order chi connectivity index (χ0) is 18.5. The van der Waals surface area contributed by atoms with E-state index < -0.39 is 0 Å². The summed E-state index contributed by atoms with van der Waals surface area (Å²) in [5, 5.41) is 2.18. The van der Waals surface area contributed by atoms with E-state index in [1.807, 2.05) is 24.3 Å². The first-order valence-corrected chi connectivity index (χ1v) is 9.56. The smallest absolute Gasteiger partial charge is 0.314 e. The second-order valence-corrected chi connectivity index (χ2v) is 7.24. The van der Waals surface area contributed by atoms with Crippen LogP contribution >= 0.6 is 35.2 Å². The number of hydrogen-bond acceptors (Lipinski definition) is 5. The summed E-state index contributed by atoms with van der Waals surface area (Å²) in [6.45, 7) is 1.73. The van der Waals surface area contributed by atoms with Gasteiger partial charge in [0.15, 0.2) is 0 Å². The van der Waals surface area contributed by atoms with Gasteiger partial charge < -0.3 is 13.3 Å². The number of fused-ring (bicyclic) bond motifs is 1. The number of aryl methyl sites for hydroxylation is 1. The number of ether oxygens (including phenoxy) is 1. The van der Waals surface area contributed by atoms with Crippen molar-refractivity contribution in [2.75, 3.05) is 5.75 Å². The van der Waals surface area contributed by atoms with Crippen LogP contribution in [0, 0.1) is 0 Å². The highest BCUT2D eigenvalue weighted by Crippen LogP contribution is 2.28. The molecule has 26 heavy (non-hydrogen) atoms.